The van der Waals surface area contributed by atoms with Crippen molar-refractivity contribution in [2.24, 2.45) is 4.99 Å². The van der Waals surface area contributed by atoms with Gasteiger partial charge in [-0.25, -0.2) is 9.79 Å². The number of allylic oxidation sites excluding steroid dienone is 1. The average Bonchev–Trinajstić information content (AvgIpc) is 3.27. The van der Waals surface area contributed by atoms with Crippen LogP contribution < -0.4 is 14.9 Å². The number of nitrogens with zero attached hydrogens (tertiary/aromatic N) is 4. The summed E-state index contributed by atoms with van der Waals surface area (Å²) in [7, 11) is 0. The molecule has 32 heavy (non-hydrogen) atoms. The maximum absolute atomic E-state index is 13.5. The third-order valence-corrected chi connectivity index (χ3v) is 6.44. The van der Waals surface area contributed by atoms with Crippen molar-refractivity contribution >= 4 is 23.4 Å². The van der Waals surface area contributed by atoms with Crippen LogP contribution in [0, 0.1) is 6.92 Å². The summed E-state index contributed by atoms with van der Waals surface area (Å²) in [5.41, 5.74) is 3.08. The Bertz CT molecular complexity index is 1390. The summed E-state index contributed by atoms with van der Waals surface area (Å²) in [6.45, 7) is 8.40. The zero-order chi connectivity index (χ0) is 23.0. The van der Waals surface area contributed by atoms with Crippen LogP contribution in [0.2, 0.25) is 0 Å². The zero-order valence-electron chi connectivity index (χ0n) is 18.3. The molecule has 0 fully saturated rings. The molecule has 4 rings (SSSR count). The molecule has 0 saturated carbocycles. The first-order valence-electron chi connectivity index (χ1n) is 10.4. The Morgan fingerprint density at radius 2 is 1.97 bits per heavy atom. The number of carbonyl (C=O) groups is 1. The van der Waals surface area contributed by atoms with Gasteiger partial charge >= 0.3 is 5.97 Å². The molecule has 0 aliphatic carbocycles. The van der Waals surface area contributed by atoms with Crippen molar-refractivity contribution in [1.29, 1.82) is 0 Å². The van der Waals surface area contributed by atoms with Gasteiger partial charge in [0.25, 0.3) is 5.56 Å². The minimum atomic E-state index is -0.701. The SMILES string of the molecule is CCOC(=O)C1=C(C)N=c2s/c(=C\c3cnn(CC)c3C)c(=O)n2C1c1ccc(O)cc1. The van der Waals surface area contributed by atoms with Crippen molar-refractivity contribution in [2.45, 2.75) is 40.3 Å². The van der Waals surface area contributed by atoms with Crippen LogP contribution in [0.25, 0.3) is 6.08 Å². The summed E-state index contributed by atoms with van der Waals surface area (Å²) in [4.78, 5) is 31.4. The molecule has 0 radical (unpaired) electrons. The Balaban J connectivity index is 1.95. The molecular formula is C23H24N4O4S. The van der Waals surface area contributed by atoms with Gasteiger partial charge in [0.15, 0.2) is 4.80 Å². The Hall–Kier alpha value is -3.46. The third kappa shape index (κ3) is 3.69. The highest BCUT2D eigenvalue weighted by atomic mass is 32.1. The number of aromatic nitrogens is 3. The highest BCUT2D eigenvalue weighted by molar-refractivity contribution is 7.07. The molecule has 1 aliphatic rings. The van der Waals surface area contributed by atoms with Gasteiger partial charge in [0.1, 0.15) is 5.75 Å². The van der Waals surface area contributed by atoms with E-state index in [4.69, 9.17) is 4.74 Å². The highest BCUT2D eigenvalue weighted by Gasteiger charge is 2.33. The number of hydrogen-bond acceptors (Lipinski definition) is 7. The number of thiazole rings is 1. The van der Waals surface area contributed by atoms with Crippen LogP contribution in [0.3, 0.4) is 0 Å². The van der Waals surface area contributed by atoms with Gasteiger partial charge in [-0.1, -0.05) is 23.5 Å². The van der Waals surface area contributed by atoms with Crippen LogP contribution in [-0.4, -0.2) is 32.0 Å². The van der Waals surface area contributed by atoms with Crippen molar-refractivity contribution < 1.29 is 14.6 Å². The highest BCUT2D eigenvalue weighted by Crippen LogP contribution is 2.31. The number of phenolic OH excluding ortho intramolecular Hbond substituents is 1. The smallest absolute Gasteiger partial charge is 0.338 e. The summed E-state index contributed by atoms with van der Waals surface area (Å²) in [5.74, 6) is -0.413. The Labute approximate surface area is 188 Å². The van der Waals surface area contributed by atoms with Crippen molar-refractivity contribution in [2.75, 3.05) is 6.61 Å². The average molecular weight is 453 g/mol. The van der Waals surface area contributed by atoms with Crippen LogP contribution in [0.1, 0.15) is 43.6 Å². The first-order valence-corrected chi connectivity index (χ1v) is 11.2. The van der Waals surface area contributed by atoms with Crippen LogP contribution in [0.4, 0.5) is 0 Å². The number of aromatic hydroxyl groups is 1. The van der Waals surface area contributed by atoms with E-state index in [-0.39, 0.29) is 17.9 Å². The van der Waals surface area contributed by atoms with Gasteiger partial charge in [0, 0.05) is 17.8 Å². The Kier molecular flexibility index (Phi) is 5.84. The van der Waals surface area contributed by atoms with Gasteiger partial charge in [-0.15, -0.1) is 0 Å². The molecule has 0 spiro atoms. The second-order valence-electron chi connectivity index (χ2n) is 7.39. The van der Waals surface area contributed by atoms with E-state index in [9.17, 15) is 14.7 Å². The lowest BCUT2D eigenvalue weighted by Gasteiger charge is -2.24. The number of carbonyl (C=O) groups excluding carboxylic acids is 1. The summed E-state index contributed by atoms with van der Waals surface area (Å²) in [5, 5.41) is 14.1. The van der Waals surface area contributed by atoms with Crippen LogP contribution in [0.15, 0.2) is 51.5 Å². The molecule has 3 aromatic rings. The zero-order valence-corrected chi connectivity index (χ0v) is 19.1. The molecule has 2 aromatic heterocycles. The molecular weight excluding hydrogens is 428 g/mol. The molecule has 1 unspecified atom stereocenters. The monoisotopic (exact) mass is 452 g/mol. The van der Waals surface area contributed by atoms with E-state index in [2.05, 4.69) is 10.1 Å². The minimum absolute atomic E-state index is 0.1000. The molecule has 9 heteroatoms. The van der Waals surface area contributed by atoms with E-state index in [1.807, 2.05) is 24.6 Å². The maximum atomic E-state index is 13.5. The van der Waals surface area contributed by atoms with E-state index in [1.165, 1.54) is 28.0 Å². The van der Waals surface area contributed by atoms with E-state index < -0.39 is 12.0 Å². The van der Waals surface area contributed by atoms with Gasteiger partial charge in [-0.3, -0.25) is 14.0 Å². The number of fused-ring (bicyclic) bond motifs is 1. The molecule has 0 bridgehead atoms. The molecule has 1 aromatic carbocycles. The van der Waals surface area contributed by atoms with Gasteiger partial charge in [-0.05, 0) is 51.5 Å². The van der Waals surface area contributed by atoms with Crippen LogP contribution >= 0.6 is 11.3 Å². The fourth-order valence-electron chi connectivity index (χ4n) is 3.83. The fourth-order valence-corrected chi connectivity index (χ4v) is 4.86. The van der Waals surface area contributed by atoms with Gasteiger partial charge in [0.2, 0.25) is 0 Å². The standard InChI is InChI=1S/C23H24N4O4S/c1-5-26-14(4)16(12-24-26)11-18-21(29)27-20(15-7-9-17(28)10-8-15)19(22(30)31-6-2)13(3)25-23(27)32-18/h7-12,20,28H,5-6H2,1-4H3/b18-11-. The number of hydrogen-bond donors (Lipinski definition) is 1. The van der Waals surface area contributed by atoms with Crippen molar-refractivity contribution in [1.82, 2.24) is 14.3 Å². The topological polar surface area (TPSA) is 98.7 Å². The summed E-state index contributed by atoms with van der Waals surface area (Å²) < 4.78 is 9.18. The molecule has 1 atom stereocenters. The number of aryl methyl sites for hydroxylation is 1. The maximum Gasteiger partial charge on any atom is 0.338 e. The molecule has 1 aliphatic heterocycles. The van der Waals surface area contributed by atoms with Gasteiger partial charge in [0.05, 0.1) is 34.6 Å². The van der Waals surface area contributed by atoms with E-state index in [1.54, 1.807) is 32.2 Å². The van der Waals surface area contributed by atoms with Crippen LogP contribution in [-0.2, 0) is 16.1 Å². The Morgan fingerprint density at radius 1 is 1.25 bits per heavy atom. The summed E-state index contributed by atoms with van der Waals surface area (Å²) in [6, 6.07) is 5.76. The molecule has 1 N–H and O–H groups in total. The first-order chi connectivity index (χ1) is 15.3. The van der Waals surface area contributed by atoms with Gasteiger partial charge in [-0.2, -0.15) is 5.10 Å². The second kappa shape index (κ2) is 8.58. The molecule has 166 valence electrons. The molecule has 0 amide bonds. The summed E-state index contributed by atoms with van der Waals surface area (Å²) >= 11 is 1.27. The lowest BCUT2D eigenvalue weighted by molar-refractivity contribution is -0.139. The number of phenols is 1. The third-order valence-electron chi connectivity index (χ3n) is 5.45. The van der Waals surface area contributed by atoms with Crippen LogP contribution in [0.5, 0.6) is 5.75 Å². The largest absolute Gasteiger partial charge is 0.508 e. The lowest BCUT2D eigenvalue weighted by atomic mass is 9.96. The van der Waals surface area contributed by atoms with E-state index >= 15 is 0 Å². The van der Waals surface area contributed by atoms with E-state index in [0.717, 1.165) is 17.8 Å². The Morgan fingerprint density at radius 3 is 2.59 bits per heavy atom. The number of esters is 1. The van der Waals surface area contributed by atoms with Crippen molar-refractivity contribution in [3.8, 4) is 5.75 Å². The van der Waals surface area contributed by atoms with Crippen molar-refractivity contribution in [3.05, 3.63) is 78.2 Å². The quantitative estimate of drug-likeness (QED) is 0.598. The second-order valence-corrected chi connectivity index (χ2v) is 8.40. The number of benzene rings is 1. The number of ether oxygens (including phenoxy) is 1. The van der Waals surface area contributed by atoms with E-state index in [0.29, 0.717) is 26.2 Å². The first kappa shape index (κ1) is 21.8. The fraction of sp³-hybridized carbons (Fsp3) is 0.304. The van der Waals surface area contributed by atoms with Crippen molar-refractivity contribution in [3.63, 3.8) is 0 Å². The predicted octanol–water partition coefficient (Wildman–Crippen LogP) is 2.03. The minimum Gasteiger partial charge on any atom is -0.508 e. The molecule has 8 nitrogen and oxygen atoms in total. The predicted molar refractivity (Wildman–Crippen MR) is 121 cm³/mol. The molecule has 3 heterocycles. The number of rotatable bonds is 5. The lowest BCUT2D eigenvalue weighted by Crippen LogP contribution is -2.39. The normalized spacial score (nSPS) is 16.1. The van der Waals surface area contributed by atoms with Gasteiger partial charge < -0.3 is 9.84 Å². The molecule has 0 saturated heterocycles. The summed E-state index contributed by atoms with van der Waals surface area (Å²) in [6.07, 6.45) is 3.55.